The molecule has 4 rings (SSSR count). The molecule has 128 valence electrons. The van der Waals surface area contributed by atoms with E-state index in [9.17, 15) is 4.79 Å². The summed E-state index contributed by atoms with van der Waals surface area (Å²) in [6.07, 6.45) is 3.89. The Hall–Kier alpha value is -2.60. The van der Waals surface area contributed by atoms with Crippen LogP contribution in [0.1, 0.15) is 9.67 Å². The van der Waals surface area contributed by atoms with Crippen LogP contribution in [0.5, 0.6) is 0 Å². The van der Waals surface area contributed by atoms with Crippen LogP contribution in [-0.2, 0) is 7.05 Å². The smallest absolute Gasteiger partial charge is 0.264 e. The van der Waals surface area contributed by atoms with Crippen molar-refractivity contribution in [3.05, 3.63) is 59.7 Å². The third-order valence-corrected chi connectivity index (χ3v) is 5.62. The molecular formula is C19H20N4OS. The van der Waals surface area contributed by atoms with Gasteiger partial charge in [0.15, 0.2) is 0 Å². The molecule has 0 unspecified atom stereocenters. The summed E-state index contributed by atoms with van der Waals surface area (Å²) >= 11 is 1.57. The molecule has 1 saturated heterocycles. The van der Waals surface area contributed by atoms with Gasteiger partial charge in [-0.2, -0.15) is 5.10 Å². The lowest BCUT2D eigenvalue weighted by atomic mass is 10.2. The van der Waals surface area contributed by atoms with E-state index in [2.05, 4.69) is 22.1 Å². The summed E-state index contributed by atoms with van der Waals surface area (Å²) in [4.78, 5) is 19.0. The summed E-state index contributed by atoms with van der Waals surface area (Å²) < 4.78 is 1.81. The zero-order chi connectivity index (χ0) is 17.2. The Balaban J connectivity index is 1.42. The highest BCUT2D eigenvalue weighted by molar-refractivity contribution is 7.17. The molecule has 3 aromatic rings. The van der Waals surface area contributed by atoms with Gasteiger partial charge in [-0.3, -0.25) is 9.48 Å². The van der Waals surface area contributed by atoms with Crippen molar-refractivity contribution in [1.29, 1.82) is 0 Å². The van der Waals surface area contributed by atoms with Gasteiger partial charge in [-0.1, -0.05) is 30.3 Å². The number of amides is 1. The van der Waals surface area contributed by atoms with Gasteiger partial charge in [0.05, 0.1) is 16.8 Å². The van der Waals surface area contributed by atoms with Gasteiger partial charge in [0.2, 0.25) is 0 Å². The lowest BCUT2D eigenvalue weighted by Gasteiger charge is -2.35. The zero-order valence-electron chi connectivity index (χ0n) is 14.1. The number of aryl methyl sites for hydroxylation is 1. The number of piperazine rings is 1. The number of rotatable bonds is 3. The second-order valence-corrected chi connectivity index (χ2v) is 7.27. The molecule has 0 radical (unpaired) electrons. The van der Waals surface area contributed by atoms with Gasteiger partial charge < -0.3 is 9.80 Å². The van der Waals surface area contributed by atoms with Crippen molar-refractivity contribution in [3.63, 3.8) is 0 Å². The molecule has 1 aliphatic heterocycles. The Morgan fingerprint density at radius 1 is 1.04 bits per heavy atom. The van der Waals surface area contributed by atoms with Gasteiger partial charge in [0.25, 0.3) is 5.91 Å². The molecule has 1 aliphatic rings. The Bertz CT molecular complexity index is 862. The van der Waals surface area contributed by atoms with Crippen LogP contribution in [0.15, 0.2) is 54.9 Å². The van der Waals surface area contributed by atoms with Gasteiger partial charge in [0.1, 0.15) is 0 Å². The fraction of sp³-hybridized carbons (Fsp3) is 0.263. The number of hydrogen-bond donors (Lipinski definition) is 0. The molecule has 2 aromatic heterocycles. The molecule has 1 amide bonds. The predicted octanol–water partition coefficient (Wildman–Crippen LogP) is 3.11. The fourth-order valence-corrected chi connectivity index (χ4v) is 4.09. The van der Waals surface area contributed by atoms with Crippen molar-refractivity contribution < 1.29 is 4.79 Å². The highest BCUT2D eigenvalue weighted by Gasteiger charge is 2.24. The fourth-order valence-electron chi connectivity index (χ4n) is 3.11. The quantitative estimate of drug-likeness (QED) is 0.727. The lowest BCUT2D eigenvalue weighted by Crippen LogP contribution is -2.48. The van der Waals surface area contributed by atoms with Crippen molar-refractivity contribution in [1.82, 2.24) is 14.7 Å². The second-order valence-electron chi connectivity index (χ2n) is 6.18. The first-order chi connectivity index (χ1) is 12.2. The van der Waals surface area contributed by atoms with E-state index in [0.717, 1.165) is 47.2 Å². The highest BCUT2D eigenvalue weighted by atomic mass is 32.1. The molecule has 0 N–H and O–H groups in total. The third kappa shape index (κ3) is 3.30. The van der Waals surface area contributed by atoms with Crippen LogP contribution in [0.3, 0.4) is 0 Å². The summed E-state index contributed by atoms with van der Waals surface area (Å²) in [5, 5.41) is 4.22. The molecule has 0 aliphatic carbocycles. The topological polar surface area (TPSA) is 41.4 Å². The van der Waals surface area contributed by atoms with Crippen LogP contribution in [0.4, 0.5) is 5.69 Å². The van der Waals surface area contributed by atoms with Crippen molar-refractivity contribution in [3.8, 4) is 10.4 Å². The molecule has 3 heterocycles. The number of carbonyl (C=O) groups is 1. The van der Waals surface area contributed by atoms with Gasteiger partial charge in [-0.15, -0.1) is 11.3 Å². The summed E-state index contributed by atoms with van der Waals surface area (Å²) in [5.74, 6) is 0.137. The van der Waals surface area contributed by atoms with E-state index >= 15 is 0 Å². The minimum Gasteiger partial charge on any atom is -0.365 e. The van der Waals surface area contributed by atoms with Crippen LogP contribution >= 0.6 is 11.3 Å². The molecule has 1 fully saturated rings. The van der Waals surface area contributed by atoms with Crippen molar-refractivity contribution in [2.45, 2.75) is 0 Å². The SMILES string of the molecule is Cn1cc(N2CCN(C(=O)c3ccc(-c4ccccc4)s3)CC2)cn1. The lowest BCUT2D eigenvalue weighted by molar-refractivity contribution is 0.0751. The molecule has 25 heavy (non-hydrogen) atoms. The average molecular weight is 352 g/mol. The highest BCUT2D eigenvalue weighted by Crippen LogP contribution is 2.29. The first kappa shape index (κ1) is 15.9. The number of benzene rings is 1. The molecular weight excluding hydrogens is 332 g/mol. The number of anilines is 1. The molecule has 0 spiro atoms. The van der Waals surface area contributed by atoms with Gasteiger partial charge in [-0.25, -0.2) is 0 Å². The summed E-state index contributed by atoms with van der Waals surface area (Å²) in [5.41, 5.74) is 2.28. The normalized spacial score (nSPS) is 14.8. The average Bonchev–Trinajstić information content (AvgIpc) is 3.31. The number of carbonyl (C=O) groups excluding carboxylic acids is 1. The Labute approximate surface area is 151 Å². The summed E-state index contributed by atoms with van der Waals surface area (Å²) in [6.45, 7) is 3.17. The van der Waals surface area contributed by atoms with Crippen LogP contribution < -0.4 is 4.90 Å². The monoisotopic (exact) mass is 352 g/mol. The van der Waals surface area contributed by atoms with Crippen LogP contribution in [0.25, 0.3) is 10.4 Å². The maximum absolute atomic E-state index is 12.8. The molecule has 0 bridgehead atoms. The van der Waals surface area contributed by atoms with Crippen LogP contribution in [-0.4, -0.2) is 46.8 Å². The van der Waals surface area contributed by atoms with E-state index < -0.39 is 0 Å². The largest absolute Gasteiger partial charge is 0.365 e. The Morgan fingerprint density at radius 2 is 1.80 bits per heavy atom. The third-order valence-electron chi connectivity index (χ3n) is 4.50. The first-order valence-electron chi connectivity index (χ1n) is 8.39. The first-order valence-corrected chi connectivity index (χ1v) is 9.20. The van der Waals surface area contributed by atoms with Gasteiger partial charge >= 0.3 is 0 Å². The maximum atomic E-state index is 12.8. The molecule has 5 nitrogen and oxygen atoms in total. The molecule has 6 heteroatoms. The molecule has 0 saturated carbocycles. The van der Waals surface area contributed by atoms with Gasteiger partial charge in [-0.05, 0) is 17.7 Å². The molecule has 1 aromatic carbocycles. The maximum Gasteiger partial charge on any atom is 0.264 e. The number of thiophene rings is 1. The van der Waals surface area contributed by atoms with Crippen LogP contribution in [0, 0.1) is 0 Å². The summed E-state index contributed by atoms with van der Waals surface area (Å²) in [6, 6.07) is 14.2. The minimum atomic E-state index is 0.137. The number of aromatic nitrogens is 2. The summed E-state index contributed by atoms with van der Waals surface area (Å²) in [7, 11) is 1.92. The van der Waals surface area contributed by atoms with Crippen molar-refractivity contribution in [2.24, 2.45) is 7.05 Å². The van der Waals surface area contributed by atoms with E-state index in [1.165, 1.54) is 0 Å². The van der Waals surface area contributed by atoms with Crippen molar-refractivity contribution in [2.75, 3.05) is 31.1 Å². The number of hydrogen-bond acceptors (Lipinski definition) is 4. The van der Waals surface area contributed by atoms with Crippen LogP contribution in [0.2, 0.25) is 0 Å². The molecule has 0 atom stereocenters. The Morgan fingerprint density at radius 3 is 2.48 bits per heavy atom. The van der Waals surface area contributed by atoms with Gasteiger partial charge in [0, 0.05) is 44.3 Å². The standard InChI is InChI=1S/C19H20N4OS/c1-21-14-16(13-20-21)22-9-11-23(12-10-22)19(24)18-8-7-17(25-18)15-5-3-2-4-6-15/h2-8,13-14H,9-12H2,1H3. The number of nitrogens with zero attached hydrogens (tertiary/aromatic N) is 4. The minimum absolute atomic E-state index is 0.137. The second kappa shape index (κ2) is 6.72. The van der Waals surface area contributed by atoms with E-state index in [-0.39, 0.29) is 5.91 Å². The predicted molar refractivity (Wildman–Crippen MR) is 101 cm³/mol. The Kier molecular flexibility index (Phi) is 4.28. The van der Waals surface area contributed by atoms with Crippen molar-refractivity contribution >= 4 is 22.9 Å². The van der Waals surface area contributed by atoms with E-state index in [1.807, 2.05) is 59.4 Å². The van der Waals surface area contributed by atoms with E-state index in [0.29, 0.717) is 0 Å². The van der Waals surface area contributed by atoms with E-state index in [4.69, 9.17) is 0 Å². The van der Waals surface area contributed by atoms with E-state index in [1.54, 1.807) is 11.3 Å². The zero-order valence-corrected chi connectivity index (χ0v) is 14.9.